The van der Waals surface area contributed by atoms with Crippen LogP contribution in [0.1, 0.15) is 17.3 Å². The van der Waals surface area contributed by atoms with Crippen LogP contribution >= 0.6 is 31.9 Å². The Morgan fingerprint density at radius 1 is 1.05 bits per heavy atom. The van der Waals surface area contributed by atoms with Gasteiger partial charge in [-0.3, -0.25) is 0 Å². The predicted octanol–water partition coefficient (Wildman–Crippen LogP) is 3.84. The van der Waals surface area contributed by atoms with Gasteiger partial charge in [-0.05, 0) is 29.8 Å². The molecule has 1 aromatic heterocycles. The fourth-order valence-electron chi connectivity index (χ4n) is 2.14. The van der Waals surface area contributed by atoms with Crippen LogP contribution in [0.15, 0.2) is 63.7 Å². The Balaban J connectivity index is 2.03. The second-order valence-electron chi connectivity index (χ2n) is 4.55. The lowest BCUT2D eigenvalue weighted by molar-refractivity contribution is 0.718. The normalized spacial score (nSPS) is 12.3. The van der Waals surface area contributed by atoms with Crippen molar-refractivity contribution in [3.05, 3.63) is 74.9 Å². The van der Waals surface area contributed by atoms with E-state index in [1.54, 1.807) is 10.9 Å². The van der Waals surface area contributed by atoms with Gasteiger partial charge < -0.3 is 5.73 Å². The molecule has 2 aromatic carbocycles. The standard InChI is InChI=1S/C15H12Br2N4/c16-10-6-7-12(13(17)8-10)15(18)14-9-19-20-21(14)11-4-2-1-3-5-11/h1-9,15H,18H2. The number of halogens is 2. The number of rotatable bonds is 3. The first-order valence-electron chi connectivity index (χ1n) is 6.33. The summed E-state index contributed by atoms with van der Waals surface area (Å²) in [6.07, 6.45) is 1.70. The highest BCUT2D eigenvalue weighted by atomic mass is 79.9. The van der Waals surface area contributed by atoms with E-state index in [1.807, 2.05) is 48.5 Å². The van der Waals surface area contributed by atoms with Gasteiger partial charge in [0.05, 0.1) is 23.6 Å². The Bertz CT molecular complexity index is 755. The first-order valence-corrected chi connectivity index (χ1v) is 7.92. The summed E-state index contributed by atoms with van der Waals surface area (Å²) in [6.45, 7) is 0. The molecule has 1 atom stereocenters. The molecule has 3 rings (SSSR count). The van der Waals surface area contributed by atoms with Crippen LogP contribution in [-0.2, 0) is 0 Å². The molecule has 0 saturated heterocycles. The average molecular weight is 408 g/mol. The SMILES string of the molecule is NC(c1ccc(Br)cc1Br)c1cnnn1-c1ccccc1. The minimum absolute atomic E-state index is 0.317. The van der Waals surface area contributed by atoms with Crippen LogP contribution in [-0.4, -0.2) is 15.0 Å². The molecule has 6 heteroatoms. The summed E-state index contributed by atoms with van der Waals surface area (Å²) in [5, 5.41) is 8.14. The van der Waals surface area contributed by atoms with Crippen LogP contribution in [0.4, 0.5) is 0 Å². The van der Waals surface area contributed by atoms with Crippen LogP contribution in [0.5, 0.6) is 0 Å². The van der Waals surface area contributed by atoms with Crippen LogP contribution < -0.4 is 5.73 Å². The van der Waals surface area contributed by atoms with Crippen molar-refractivity contribution in [1.82, 2.24) is 15.0 Å². The zero-order valence-corrected chi connectivity index (χ0v) is 14.1. The number of hydrogen-bond acceptors (Lipinski definition) is 3. The Morgan fingerprint density at radius 3 is 2.52 bits per heavy atom. The van der Waals surface area contributed by atoms with E-state index in [4.69, 9.17) is 5.73 Å². The second-order valence-corrected chi connectivity index (χ2v) is 6.32. The largest absolute Gasteiger partial charge is 0.319 e. The lowest BCUT2D eigenvalue weighted by Gasteiger charge is -2.15. The van der Waals surface area contributed by atoms with E-state index in [0.717, 1.165) is 25.9 Å². The second kappa shape index (κ2) is 6.09. The molecule has 1 heterocycles. The van der Waals surface area contributed by atoms with Gasteiger partial charge >= 0.3 is 0 Å². The number of benzene rings is 2. The summed E-state index contributed by atoms with van der Waals surface area (Å²) in [5.74, 6) is 0. The van der Waals surface area contributed by atoms with E-state index in [0.29, 0.717) is 0 Å². The van der Waals surface area contributed by atoms with Gasteiger partial charge in [-0.15, -0.1) is 5.10 Å². The van der Waals surface area contributed by atoms with E-state index in [2.05, 4.69) is 42.2 Å². The molecular weight excluding hydrogens is 396 g/mol. The van der Waals surface area contributed by atoms with E-state index in [-0.39, 0.29) is 6.04 Å². The molecule has 4 nitrogen and oxygen atoms in total. The molecule has 0 aliphatic heterocycles. The van der Waals surface area contributed by atoms with Crippen molar-refractivity contribution in [2.24, 2.45) is 5.73 Å². The Kier molecular flexibility index (Phi) is 4.19. The summed E-state index contributed by atoms with van der Waals surface area (Å²) < 4.78 is 3.71. The van der Waals surface area contributed by atoms with Crippen molar-refractivity contribution in [1.29, 1.82) is 0 Å². The van der Waals surface area contributed by atoms with E-state index in [1.165, 1.54) is 0 Å². The number of nitrogens with zero attached hydrogens (tertiary/aromatic N) is 3. The van der Waals surface area contributed by atoms with Crippen LogP contribution in [0.25, 0.3) is 5.69 Å². The molecule has 0 amide bonds. The van der Waals surface area contributed by atoms with Gasteiger partial charge in [0, 0.05) is 8.95 Å². The van der Waals surface area contributed by atoms with E-state index < -0.39 is 0 Å². The smallest absolute Gasteiger partial charge is 0.0858 e. The third-order valence-corrected chi connectivity index (χ3v) is 4.37. The van der Waals surface area contributed by atoms with Gasteiger partial charge in [-0.25, -0.2) is 4.68 Å². The van der Waals surface area contributed by atoms with Crippen molar-refractivity contribution in [3.63, 3.8) is 0 Å². The maximum Gasteiger partial charge on any atom is 0.0858 e. The number of aromatic nitrogens is 3. The minimum atomic E-state index is -0.317. The summed E-state index contributed by atoms with van der Waals surface area (Å²) in [6, 6.07) is 15.4. The molecule has 1 unspecified atom stereocenters. The molecule has 21 heavy (non-hydrogen) atoms. The van der Waals surface area contributed by atoms with Gasteiger partial charge in [0.15, 0.2) is 0 Å². The molecule has 0 aliphatic carbocycles. The maximum absolute atomic E-state index is 6.40. The Labute approximate surface area is 139 Å². The Morgan fingerprint density at radius 2 is 1.81 bits per heavy atom. The van der Waals surface area contributed by atoms with Gasteiger partial charge in [0.2, 0.25) is 0 Å². The molecule has 0 saturated carbocycles. The first kappa shape index (κ1) is 14.4. The third-order valence-electron chi connectivity index (χ3n) is 3.19. The molecule has 0 fully saturated rings. The molecule has 3 aromatic rings. The van der Waals surface area contributed by atoms with Gasteiger partial charge in [-0.1, -0.05) is 61.3 Å². The number of para-hydroxylation sites is 1. The lowest BCUT2D eigenvalue weighted by atomic mass is 10.1. The quantitative estimate of drug-likeness (QED) is 0.717. The van der Waals surface area contributed by atoms with Crippen molar-refractivity contribution in [2.75, 3.05) is 0 Å². The predicted molar refractivity (Wildman–Crippen MR) is 89.2 cm³/mol. The fraction of sp³-hybridized carbons (Fsp3) is 0.0667. The molecule has 2 N–H and O–H groups in total. The van der Waals surface area contributed by atoms with Crippen LogP contribution in [0.2, 0.25) is 0 Å². The highest BCUT2D eigenvalue weighted by molar-refractivity contribution is 9.11. The van der Waals surface area contributed by atoms with Crippen molar-refractivity contribution >= 4 is 31.9 Å². The van der Waals surface area contributed by atoms with Gasteiger partial charge in [-0.2, -0.15) is 0 Å². The van der Waals surface area contributed by atoms with Crippen molar-refractivity contribution < 1.29 is 0 Å². The van der Waals surface area contributed by atoms with E-state index >= 15 is 0 Å². The molecule has 0 radical (unpaired) electrons. The zero-order chi connectivity index (χ0) is 14.8. The summed E-state index contributed by atoms with van der Waals surface area (Å²) >= 11 is 7.00. The molecule has 0 aliphatic rings. The highest BCUT2D eigenvalue weighted by Gasteiger charge is 2.18. The topological polar surface area (TPSA) is 56.7 Å². The number of hydrogen-bond donors (Lipinski definition) is 1. The Hall–Kier alpha value is -1.50. The summed E-state index contributed by atoms with van der Waals surface area (Å²) in [4.78, 5) is 0. The monoisotopic (exact) mass is 406 g/mol. The van der Waals surface area contributed by atoms with Crippen molar-refractivity contribution in [2.45, 2.75) is 6.04 Å². The first-order chi connectivity index (χ1) is 10.2. The summed E-state index contributed by atoms with van der Waals surface area (Å²) in [5.41, 5.74) is 9.16. The number of nitrogens with two attached hydrogens (primary N) is 1. The molecule has 0 spiro atoms. The zero-order valence-electron chi connectivity index (χ0n) is 10.9. The van der Waals surface area contributed by atoms with Gasteiger partial charge in [0.25, 0.3) is 0 Å². The van der Waals surface area contributed by atoms with Crippen LogP contribution in [0, 0.1) is 0 Å². The molecular formula is C15H12Br2N4. The average Bonchev–Trinajstić information content (AvgIpc) is 2.97. The molecule has 0 bridgehead atoms. The highest BCUT2D eigenvalue weighted by Crippen LogP contribution is 2.29. The minimum Gasteiger partial charge on any atom is -0.319 e. The summed E-state index contributed by atoms with van der Waals surface area (Å²) in [7, 11) is 0. The van der Waals surface area contributed by atoms with Gasteiger partial charge in [0.1, 0.15) is 0 Å². The maximum atomic E-state index is 6.40. The fourth-order valence-corrected chi connectivity index (χ4v) is 3.43. The molecule has 106 valence electrons. The third kappa shape index (κ3) is 2.92. The van der Waals surface area contributed by atoms with Crippen molar-refractivity contribution in [3.8, 4) is 5.69 Å². The lowest BCUT2D eigenvalue weighted by Crippen LogP contribution is -2.17. The van der Waals surface area contributed by atoms with E-state index in [9.17, 15) is 0 Å². The van der Waals surface area contributed by atoms with Crippen LogP contribution in [0.3, 0.4) is 0 Å².